The fourth-order valence-electron chi connectivity index (χ4n) is 2.02. The van der Waals surface area contributed by atoms with Crippen LogP contribution in [0.25, 0.3) is 0 Å². The van der Waals surface area contributed by atoms with Crippen LogP contribution in [0.1, 0.15) is 30.0 Å². The number of aromatic nitrogens is 1. The molecule has 0 bridgehead atoms. The number of rotatable bonds is 3. The van der Waals surface area contributed by atoms with E-state index in [9.17, 15) is 0 Å². The van der Waals surface area contributed by atoms with Crippen molar-refractivity contribution in [2.75, 3.05) is 18.6 Å². The predicted molar refractivity (Wildman–Crippen MR) is 68.0 cm³/mol. The largest absolute Gasteiger partial charge is 0.481 e. The van der Waals surface area contributed by atoms with Crippen LogP contribution in [0.4, 0.5) is 0 Å². The number of thioether (sulfide) groups is 1. The summed E-state index contributed by atoms with van der Waals surface area (Å²) in [6.45, 7) is 0.482. The van der Waals surface area contributed by atoms with E-state index in [1.165, 1.54) is 24.3 Å². The van der Waals surface area contributed by atoms with Crippen LogP contribution in [0.3, 0.4) is 0 Å². The Morgan fingerprint density at radius 2 is 2.44 bits per heavy atom. The topological polar surface area (TPSA) is 48.1 Å². The van der Waals surface area contributed by atoms with Gasteiger partial charge in [0.05, 0.1) is 7.11 Å². The van der Waals surface area contributed by atoms with Crippen molar-refractivity contribution in [1.82, 2.24) is 4.98 Å². The van der Waals surface area contributed by atoms with Gasteiger partial charge in [-0.15, -0.1) is 0 Å². The minimum Gasteiger partial charge on any atom is -0.481 e. The summed E-state index contributed by atoms with van der Waals surface area (Å²) in [5.41, 5.74) is 7.77. The zero-order valence-corrected chi connectivity index (χ0v) is 10.4. The minimum atomic E-state index is 0.482. The second kappa shape index (κ2) is 5.55. The Labute approximate surface area is 101 Å². The summed E-state index contributed by atoms with van der Waals surface area (Å²) in [6.07, 6.45) is 2.53. The Morgan fingerprint density at radius 1 is 1.56 bits per heavy atom. The highest BCUT2D eigenvalue weighted by atomic mass is 32.2. The molecule has 1 aliphatic heterocycles. The van der Waals surface area contributed by atoms with Gasteiger partial charge in [0, 0.05) is 29.5 Å². The average molecular weight is 238 g/mol. The fourth-order valence-corrected chi connectivity index (χ4v) is 3.18. The quantitative estimate of drug-likeness (QED) is 0.876. The first-order valence-corrected chi connectivity index (χ1v) is 6.82. The van der Waals surface area contributed by atoms with Gasteiger partial charge in [-0.3, -0.25) is 0 Å². The van der Waals surface area contributed by atoms with Crippen molar-refractivity contribution in [2.45, 2.75) is 25.3 Å². The number of pyridine rings is 1. The Morgan fingerprint density at radius 3 is 3.06 bits per heavy atom. The van der Waals surface area contributed by atoms with E-state index >= 15 is 0 Å². The molecule has 2 rings (SSSR count). The third-order valence-corrected chi connectivity index (χ3v) is 4.17. The van der Waals surface area contributed by atoms with Crippen LogP contribution in [0.5, 0.6) is 5.88 Å². The molecule has 1 atom stereocenters. The minimum absolute atomic E-state index is 0.482. The summed E-state index contributed by atoms with van der Waals surface area (Å²) in [5.74, 6) is 3.74. The third kappa shape index (κ3) is 2.50. The van der Waals surface area contributed by atoms with Crippen LogP contribution >= 0.6 is 11.8 Å². The first kappa shape index (κ1) is 11.7. The Hall–Kier alpha value is -0.740. The van der Waals surface area contributed by atoms with Crippen LogP contribution in [-0.2, 0) is 6.54 Å². The molecule has 1 aromatic rings. The van der Waals surface area contributed by atoms with Gasteiger partial charge in [0.2, 0.25) is 5.88 Å². The SMILES string of the molecule is COc1nc(C2CCCSC2)ccc1CN. The molecule has 0 aromatic carbocycles. The Balaban J connectivity index is 2.20. The molecule has 1 saturated heterocycles. The predicted octanol–water partition coefficient (Wildman–Crippen LogP) is 2.16. The van der Waals surface area contributed by atoms with Crippen LogP contribution in [0, 0.1) is 0 Å². The lowest BCUT2D eigenvalue weighted by atomic mass is 10.0. The summed E-state index contributed by atoms with van der Waals surface area (Å²) in [4.78, 5) is 4.57. The molecule has 2 N–H and O–H groups in total. The molecule has 1 aliphatic rings. The molecule has 0 aliphatic carbocycles. The maximum absolute atomic E-state index is 5.63. The molecule has 0 radical (unpaired) electrons. The smallest absolute Gasteiger partial charge is 0.217 e. The van der Waals surface area contributed by atoms with Gasteiger partial charge in [0.1, 0.15) is 0 Å². The van der Waals surface area contributed by atoms with E-state index in [0.717, 1.165) is 11.3 Å². The molecule has 1 aromatic heterocycles. The molecule has 88 valence electrons. The highest BCUT2D eigenvalue weighted by Crippen LogP contribution is 2.31. The highest BCUT2D eigenvalue weighted by molar-refractivity contribution is 7.99. The molecular formula is C12H18N2OS. The molecule has 0 spiro atoms. The molecule has 1 unspecified atom stereocenters. The van der Waals surface area contributed by atoms with Crippen LogP contribution in [0.2, 0.25) is 0 Å². The number of nitrogens with two attached hydrogens (primary N) is 1. The molecular weight excluding hydrogens is 220 g/mol. The number of methoxy groups -OCH3 is 1. The molecule has 1 fully saturated rings. The fraction of sp³-hybridized carbons (Fsp3) is 0.583. The lowest BCUT2D eigenvalue weighted by Crippen LogP contribution is -2.12. The van der Waals surface area contributed by atoms with Gasteiger partial charge in [0.25, 0.3) is 0 Å². The lowest BCUT2D eigenvalue weighted by molar-refractivity contribution is 0.389. The van der Waals surface area contributed by atoms with Crippen molar-refractivity contribution in [1.29, 1.82) is 0 Å². The van der Waals surface area contributed by atoms with Gasteiger partial charge in [-0.1, -0.05) is 6.07 Å². The first-order chi connectivity index (χ1) is 7.85. The van der Waals surface area contributed by atoms with E-state index in [2.05, 4.69) is 11.1 Å². The molecule has 0 amide bonds. The molecule has 4 heteroatoms. The van der Waals surface area contributed by atoms with Gasteiger partial charge in [-0.2, -0.15) is 11.8 Å². The second-order valence-corrected chi connectivity index (χ2v) is 5.17. The van der Waals surface area contributed by atoms with Gasteiger partial charge in [-0.25, -0.2) is 4.98 Å². The van der Waals surface area contributed by atoms with Crippen molar-refractivity contribution in [3.8, 4) is 5.88 Å². The number of ether oxygens (including phenoxy) is 1. The summed E-state index contributed by atoms with van der Waals surface area (Å²) in [5, 5.41) is 0. The second-order valence-electron chi connectivity index (χ2n) is 4.02. The number of hydrogen-bond donors (Lipinski definition) is 1. The van der Waals surface area contributed by atoms with Crippen LogP contribution in [-0.4, -0.2) is 23.6 Å². The van der Waals surface area contributed by atoms with E-state index < -0.39 is 0 Å². The normalized spacial score (nSPS) is 20.8. The van der Waals surface area contributed by atoms with Crippen molar-refractivity contribution in [3.05, 3.63) is 23.4 Å². The maximum atomic E-state index is 5.63. The van der Waals surface area contributed by atoms with Crippen molar-refractivity contribution in [3.63, 3.8) is 0 Å². The summed E-state index contributed by atoms with van der Waals surface area (Å²) in [7, 11) is 1.65. The highest BCUT2D eigenvalue weighted by Gasteiger charge is 2.18. The van der Waals surface area contributed by atoms with Crippen LogP contribution in [0.15, 0.2) is 12.1 Å². The zero-order valence-electron chi connectivity index (χ0n) is 9.61. The monoisotopic (exact) mass is 238 g/mol. The van der Waals surface area contributed by atoms with Crippen LogP contribution < -0.4 is 10.5 Å². The van der Waals surface area contributed by atoms with Crippen molar-refractivity contribution in [2.24, 2.45) is 5.73 Å². The summed E-state index contributed by atoms with van der Waals surface area (Å²) >= 11 is 2.02. The van der Waals surface area contributed by atoms with E-state index in [0.29, 0.717) is 18.3 Å². The lowest BCUT2D eigenvalue weighted by Gasteiger charge is -2.21. The maximum Gasteiger partial charge on any atom is 0.217 e. The molecule has 2 heterocycles. The summed E-state index contributed by atoms with van der Waals surface area (Å²) in [6, 6.07) is 4.14. The molecule has 16 heavy (non-hydrogen) atoms. The van der Waals surface area contributed by atoms with Gasteiger partial charge in [0.15, 0.2) is 0 Å². The van der Waals surface area contributed by atoms with E-state index in [-0.39, 0.29) is 0 Å². The van der Waals surface area contributed by atoms with Gasteiger partial charge in [-0.05, 0) is 24.7 Å². The van der Waals surface area contributed by atoms with Crippen molar-refractivity contribution >= 4 is 11.8 Å². The first-order valence-electron chi connectivity index (χ1n) is 5.66. The van der Waals surface area contributed by atoms with E-state index in [4.69, 9.17) is 10.5 Å². The standard InChI is InChI=1S/C12H18N2OS/c1-15-12-9(7-13)4-5-11(14-12)10-3-2-6-16-8-10/h4-5,10H,2-3,6-8,13H2,1H3. The third-order valence-electron chi connectivity index (χ3n) is 2.95. The molecule has 3 nitrogen and oxygen atoms in total. The summed E-state index contributed by atoms with van der Waals surface area (Å²) < 4.78 is 5.27. The average Bonchev–Trinajstić information content (AvgIpc) is 2.39. The zero-order chi connectivity index (χ0) is 11.4. The Bertz CT molecular complexity index is 351. The Kier molecular flexibility index (Phi) is 4.07. The number of nitrogens with zero attached hydrogens (tertiary/aromatic N) is 1. The number of hydrogen-bond acceptors (Lipinski definition) is 4. The van der Waals surface area contributed by atoms with E-state index in [1.807, 2.05) is 17.8 Å². The van der Waals surface area contributed by atoms with Crippen molar-refractivity contribution < 1.29 is 4.74 Å². The van der Waals surface area contributed by atoms with E-state index in [1.54, 1.807) is 7.11 Å². The molecule has 0 saturated carbocycles. The van der Waals surface area contributed by atoms with Gasteiger partial charge < -0.3 is 10.5 Å². The van der Waals surface area contributed by atoms with Gasteiger partial charge >= 0.3 is 0 Å².